The van der Waals surface area contributed by atoms with Gasteiger partial charge < -0.3 is 5.32 Å². The van der Waals surface area contributed by atoms with Crippen molar-refractivity contribution in [1.29, 1.82) is 10.5 Å². The van der Waals surface area contributed by atoms with Crippen LogP contribution in [-0.2, 0) is 10.0 Å². The molecule has 6 nitrogen and oxygen atoms in total. The maximum atomic E-state index is 12.5. The fourth-order valence-corrected chi connectivity index (χ4v) is 3.51. The lowest BCUT2D eigenvalue weighted by atomic mass is 10.2. The molecule has 0 aliphatic heterocycles. The Morgan fingerprint density at radius 3 is 2.19 bits per heavy atom. The van der Waals surface area contributed by atoms with Gasteiger partial charge in [0.2, 0.25) is 0 Å². The summed E-state index contributed by atoms with van der Waals surface area (Å²) in [4.78, 5) is 0.0831. The zero-order valence-electron chi connectivity index (χ0n) is 13.4. The highest BCUT2D eigenvalue weighted by atomic mass is 35.5. The number of sulfonamides is 1. The summed E-state index contributed by atoms with van der Waals surface area (Å²) in [7, 11) is -3.85. The van der Waals surface area contributed by atoms with Crippen molar-refractivity contribution >= 4 is 44.6 Å². The maximum absolute atomic E-state index is 12.5. The molecule has 26 heavy (non-hydrogen) atoms. The fourth-order valence-electron chi connectivity index (χ4n) is 1.90. The Morgan fingerprint density at radius 2 is 1.62 bits per heavy atom. The molecule has 9 heteroatoms. The minimum absolute atomic E-state index is 0.0831. The lowest BCUT2D eigenvalue weighted by Gasteiger charge is -2.13. The number of aryl methyl sites for hydroxylation is 1. The van der Waals surface area contributed by atoms with E-state index in [1.165, 1.54) is 24.3 Å². The molecule has 0 spiro atoms. The zero-order chi connectivity index (χ0) is 19.3. The normalized spacial score (nSPS) is 10.3. The second-order valence-electron chi connectivity index (χ2n) is 5.16. The molecule has 0 aliphatic rings. The quantitative estimate of drug-likeness (QED) is 0.713. The Balaban J connectivity index is 2.37. The Kier molecular flexibility index (Phi) is 6.12. The van der Waals surface area contributed by atoms with Crippen molar-refractivity contribution in [3.8, 4) is 12.1 Å². The van der Waals surface area contributed by atoms with Crippen molar-refractivity contribution in [2.45, 2.75) is 11.8 Å². The first-order valence-corrected chi connectivity index (χ1v) is 9.36. The van der Waals surface area contributed by atoms with Crippen molar-refractivity contribution in [3.63, 3.8) is 0 Å². The highest BCUT2D eigenvalue weighted by Crippen LogP contribution is 2.34. The van der Waals surface area contributed by atoms with E-state index < -0.39 is 10.0 Å². The van der Waals surface area contributed by atoms with Gasteiger partial charge in [0, 0.05) is 6.20 Å². The first-order chi connectivity index (χ1) is 12.3. The van der Waals surface area contributed by atoms with Crippen LogP contribution in [0.5, 0.6) is 0 Å². The summed E-state index contributed by atoms with van der Waals surface area (Å²) in [6.07, 6.45) is 1.16. The van der Waals surface area contributed by atoms with E-state index in [-0.39, 0.29) is 31.9 Å². The summed E-state index contributed by atoms with van der Waals surface area (Å²) in [5, 5.41) is 20.5. The summed E-state index contributed by atoms with van der Waals surface area (Å²) in [6, 6.07) is 12.4. The molecule has 0 aromatic heterocycles. The molecule has 2 rings (SSSR count). The van der Waals surface area contributed by atoms with Crippen LogP contribution in [0.1, 0.15) is 5.56 Å². The first kappa shape index (κ1) is 19.6. The molecule has 0 heterocycles. The molecule has 0 saturated carbocycles. The number of nitrogens with zero attached hydrogens (tertiary/aromatic N) is 2. The molecular formula is C17H12Cl2N4O2S. The van der Waals surface area contributed by atoms with Crippen LogP contribution in [0.4, 0.5) is 11.4 Å². The fraction of sp³-hybridized carbons (Fsp3) is 0.0588. The van der Waals surface area contributed by atoms with Gasteiger partial charge in [-0.3, -0.25) is 4.72 Å². The van der Waals surface area contributed by atoms with Gasteiger partial charge in [-0.25, -0.2) is 8.42 Å². The van der Waals surface area contributed by atoms with Gasteiger partial charge in [-0.05, 0) is 31.2 Å². The molecule has 0 aliphatic carbocycles. The molecule has 2 aromatic carbocycles. The Bertz CT molecular complexity index is 1030. The van der Waals surface area contributed by atoms with E-state index in [4.69, 9.17) is 33.7 Å². The van der Waals surface area contributed by atoms with Crippen molar-refractivity contribution in [2.24, 2.45) is 0 Å². The van der Waals surface area contributed by atoms with Crippen LogP contribution in [0.3, 0.4) is 0 Å². The van der Waals surface area contributed by atoms with Gasteiger partial charge >= 0.3 is 0 Å². The maximum Gasteiger partial charge on any atom is 0.261 e. The predicted octanol–water partition coefficient (Wildman–Crippen LogP) is 4.45. The second kappa shape index (κ2) is 8.11. The minimum Gasteiger partial charge on any atom is -0.359 e. The van der Waals surface area contributed by atoms with Crippen LogP contribution in [0.2, 0.25) is 10.0 Å². The van der Waals surface area contributed by atoms with Crippen LogP contribution < -0.4 is 10.0 Å². The number of rotatable bonds is 5. The molecule has 2 N–H and O–H groups in total. The third-order valence-electron chi connectivity index (χ3n) is 3.25. The number of allylic oxidation sites excluding steroid dienone is 1. The van der Waals surface area contributed by atoms with Gasteiger partial charge in [-0.2, -0.15) is 10.5 Å². The molecule has 0 radical (unpaired) electrons. The highest BCUT2D eigenvalue weighted by Gasteiger charge is 2.17. The predicted molar refractivity (Wildman–Crippen MR) is 101 cm³/mol. The summed E-state index contributed by atoms with van der Waals surface area (Å²) in [6.45, 7) is 1.85. The van der Waals surface area contributed by atoms with Gasteiger partial charge in [-0.1, -0.05) is 40.9 Å². The molecule has 0 bridgehead atoms. The van der Waals surface area contributed by atoms with E-state index in [1.54, 1.807) is 24.3 Å². The van der Waals surface area contributed by atoms with Gasteiger partial charge in [0.15, 0.2) is 0 Å². The van der Waals surface area contributed by atoms with Crippen molar-refractivity contribution in [2.75, 3.05) is 10.0 Å². The second-order valence-corrected chi connectivity index (χ2v) is 7.65. The molecular weight excluding hydrogens is 395 g/mol. The van der Waals surface area contributed by atoms with Gasteiger partial charge in [-0.15, -0.1) is 0 Å². The minimum atomic E-state index is -3.85. The summed E-state index contributed by atoms with van der Waals surface area (Å²) in [5.41, 5.74) is 1.14. The molecule has 0 atom stereocenters. The number of hydrogen-bond donors (Lipinski definition) is 2. The van der Waals surface area contributed by atoms with Crippen molar-refractivity contribution in [3.05, 3.63) is 63.8 Å². The smallest absolute Gasteiger partial charge is 0.261 e. The number of nitriles is 2. The van der Waals surface area contributed by atoms with Gasteiger partial charge in [0.05, 0.1) is 26.3 Å². The van der Waals surface area contributed by atoms with E-state index in [1.807, 2.05) is 6.92 Å². The lowest BCUT2D eigenvalue weighted by molar-refractivity contribution is 0.601. The summed E-state index contributed by atoms with van der Waals surface area (Å²) >= 11 is 12.1. The molecule has 0 fully saturated rings. The first-order valence-electron chi connectivity index (χ1n) is 7.12. The molecule has 2 aromatic rings. The SMILES string of the molecule is Cc1ccc(S(=O)(=O)Nc2cc(NC=C(C#N)C#N)c(Cl)cc2Cl)cc1. The topological polar surface area (TPSA) is 106 Å². The van der Waals surface area contributed by atoms with Crippen LogP contribution in [0.25, 0.3) is 0 Å². The number of hydrogen-bond acceptors (Lipinski definition) is 5. The van der Waals surface area contributed by atoms with E-state index in [9.17, 15) is 8.42 Å². The number of benzene rings is 2. The highest BCUT2D eigenvalue weighted by molar-refractivity contribution is 7.92. The van der Waals surface area contributed by atoms with Crippen LogP contribution in [0, 0.1) is 29.6 Å². The van der Waals surface area contributed by atoms with Crippen LogP contribution >= 0.6 is 23.2 Å². The van der Waals surface area contributed by atoms with E-state index in [2.05, 4.69) is 10.0 Å². The van der Waals surface area contributed by atoms with Crippen molar-refractivity contribution in [1.82, 2.24) is 0 Å². The monoisotopic (exact) mass is 406 g/mol. The Hall–Kier alpha value is -2.71. The third-order valence-corrected chi connectivity index (χ3v) is 5.25. The molecule has 0 amide bonds. The number of anilines is 2. The average Bonchev–Trinajstić information content (AvgIpc) is 2.59. The number of nitrogens with one attached hydrogen (secondary N) is 2. The molecule has 0 unspecified atom stereocenters. The van der Waals surface area contributed by atoms with E-state index >= 15 is 0 Å². The standard InChI is InChI=1S/C17H12Cl2N4O2S/c1-11-2-4-13(5-3-11)26(24,25)23-17-7-16(14(18)6-15(17)19)22-10-12(8-20)9-21/h2-7,10,22-23H,1H3. The van der Waals surface area contributed by atoms with E-state index in [0.717, 1.165) is 11.8 Å². The Morgan fingerprint density at radius 1 is 1.04 bits per heavy atom. The van der Waals surface area contributed by atoms with Gasteiger partial charge in [0.25, 0.3) is 10.0 Å². The van der Waals surface area contributed by atoms with E-state index in [0.29, 0.717) is 0 Å². The average molecular weight is 407 g/mol. The van der Waals surface area contributed by atoms with Crippen molar-refractivity contribution < 1.29 is 8.42 Å². The van der Waals surface area contributed by atoms with Crippen LogP contribution in [-0.4, -0.2) is 8.42 Å². The number of halogens is 2. The summed E-state index contributed by atoms with van der Waals surface area (Å²) in [5.74, 6) is 0. The Labute approximate surface area is 161 Å². The summed E-state index contributed by atoms with van der Waals surface area (Å²) < 4.78 is 27.4. The molecule has 0 saturated heterocycles. The van der Waals surface area contributed by atoms with Crippen LogP contribution in [0.15, 0.2) is 53.1 Å². The van der Waals surface area contributed by atoms with Gasteiger partial charge in [0.1, 0.15) is 17.7 Å². The lowest BCUT2D eigenvalue weighted by Crippen LogP contribution is -2.13. The zero-order valence-corrected chi connectivity index (χ0v) is 15.7. The molecule has 132 valence electrons. The third kappa shape index (κ3) is 4.68. The largest absolute Gasteiger partial charge is 0.359 e.